The molecule has 2 aliphatic rings. The number of rotatable bonds is 7. The molecule has 22 rings (SSSR count). The molecular formula is C106H86BN5O2. The first kappa shape index (κ1) is 51.5. The van der Waals surface area contributed by atoms with Gasteiger partial charge < -0.3 is 32.3 Å². The van der Waals surface area contributed by atoms with Crippen LogP contribution in [0.3, 0.4) is 0 Å². The van der Waals surface area contributed by atoms with Crippen LogP contribution in [-0.4, -0.2) is 20.4 Å². The zero-order chi connectivity index (χ0) is 93.0. The van der Waals surface area contributed by atoms with Gasteiger partial charge in [-0.05, 0) is 192 Å². The number of nitrogens with zero attached hydrogens (tertiary/aromatic N) is 5. The van der Waals surface area contributed by atoms with Crippen molar-refractivity contribution in [2.45, 2.75) is 105 Å². The average molecular weight is 1490 g/mol. The summed E-state index contributed by atoms with van der Waals surface area (Å²) in [5.41, 5.74) is 14.8. The molecule has 0 saturated carbocycles. The highest BCUT2D eigenvalue weighted by molar-refractivity contribution is 7.00. The van der Waals surface area contributed by atoms with E-state index in [1.807, 2.05) is 94.7 Å². The molecule has 0 saturated heterocycles. The van der Waals surface area contributed by atoms with Crippen molar-refractivity contribution in [1.29, 1.82) is 0 Å². The number of aromatic nitrogens is 3. The van der Waals surface area contributed by atoms with Gasteiger partial charge in [-0.15, -0.1) is 0 Å². The van der Waals surface area contributed by atoms with E-state index < -0.39 is 115 Å². The highest BCUT2D eigenvalue weighted by atomic mass is 16.3. The number of fused-ring (bicyclic) bond motifs is 19. The first-order chi connectivity index (χ1) is 62.5. The number of furan rings is 2. The smallest absolute Gasteiger partial charge is 0.252 e. The van der Waals surface area contributed by atoms with Crippen LogP contribution < -0.4 is 26.2 Å². The van der Waals surface area contributed by atoms with Crippen LogP contribution in [0.5, 0.6) is 0 Å². The van der Waals surface area contributed by atoms with Crippen molar-refractivity contribution in [3.8, 4) is 39.3 Å². The minimum absolute atomic E-state index is 0.104. The van der Waals surface area contributed by atoms with Gasteiger partial charge in [0.1, 0.15) is 0 Å². The van der Waals surface area contributed by atoms with Gasteiger partial charge in [-0.2, -0.15) is 0 Å². The minimum atomic E-state index is -0.943. The van der Waals surface area contributed by atoms with Gasteiger partial charge in [-0.25, -0.2) is 0 Å². The zero-order valence-electron chi connectivity index (χ0n) is 83.1. The van der Waals surface area contributed by atoms with Gasteiger partial charge in [0, 0.05) is 76.6 Å². The van der Waals surface area contributed by atoms with Gasteiger partial charge in [0.2, 0.25) is 0 Å². The third kappa shape index (κ3) is 10.1. The molecule has 7 heterocycles. The first-order valence-corrected chi connectivity index (χ1v) is 38.8. The van der Waals surface area contributed by atoms with Crippen LogP contribution in [0.15, 0.2) is 312 Å². The lowest BCUT2D eigenvalue weighted by molar-refractivity contribution is 0.590. The number of hydrogen-bond acceptors (Lipinski definition) is 4. The van der Waals surface area contributed by atoms with Gasteiger partial charge in [-0.3, -0.25) is 0 Å². The minimum Gasteiger partial charge on any atom is -0.452 e. The molecule has 2 aliphatic heterocycles. The summed E-state index contributed by atoms with van der Waals surface area (Å²) < 4.78 is 192. The summed E-state index contributed by atoms with van der Waals surface area (Å²) in [5.74, 6) is 0. The van der Waals surface area contributed by atoms with E-state index in [-0.39, 0.29) is 71.4 Å². The van der Waals surface area contributed by atoms with E-state index in [1.54, 1.807) is 24.3 Å². The Morgan fingerprint density at radius 2 is 0.579 bits per heavy atom. The van der Waals surface area contributed by atoms with Gasteiger partial charge in [-0.1, -0.05) is 277 Å². The Bertz CT molecular complexity index is 7970. The van der Waals surface area contributed by atoms with Crippen LogP contribution in [0.25, 0.3) is 149 Å². The summed E-state index contributed by atoms with van der Waals surface area (Å²) in [4.78, 5) is 3.99. The van der Waals surface area contributed by atoms with Gasteiger partial charge in [0.05, 0.1) is 86.2 Å². The van der Waals surface area contributed by atoms with Crippen LogP contribution in [0, 0.1) is 0 Å². The fourth-order valence-electron chi connectivity index (χ4n) is 18.1. The predicted octanol–water partition coefficient (Wildman–Crippen LogP) is 27.4. The molecule has 550 valence electrons. The van der Waals surface area contributed by atoms with Crippen LogP contribution in [0.2, 0.25) is 0 Å². The summed E-state index contributed by atoms with van der Waals surface area (Å²) in [6.45, 7) is 25.5. The Hall–Kier alpha value is -13.0. The molecule has 7 nitrogen and oxygen atoms in total. The monoisotopic (exact) mass is 1490 g/mol. The van der Waals surface area contributed by atoms with Crippen molar-refractivity contribution >= 4 is 167 Å². The summed E-state index contributed by atoms with van der Waals surface area (Å²) in [6.07, 6.45) is 0. The van der Waals surface area contributed by atoms with Crippen LogP contribution in [0.1, 0.15) is 130 Å². The molecule has 8 heteroatoms. The topological polar surface area (TPSA) is 47.6 Å². The average Bonchev–Trinajstić information content (AvgIpc) is 1.20. The molecular weight excluding hydrogens is 1390 g/mol. The lowest BCUT2D eigenvalue weighted by atomic mass is 9.33. The number of benzene rings is 15. The molecule has 0 N–H and O–H groups in total. The van der Waals surface area contributed by atoms with E-state index in [9.17, 15) is 21.9 Å². The largest absolute Gasteiger partial charge is 0.452 e. The molecule has 0 atom stereocenters. The third-order valence-corrected chi connectivity index (χ3v) is 23.8. The molecule has 0 aliphatic carbocycles. The van der Waals surface area contributed by atoms with Crippen molar-refractivity contribution in [3.05, 3.63) is 325 Å². The lowest BCUT2D eigenvalue weighted by Crippen LogP contribution is -2.61. The molecule has 0 fully saturated rings. The fourth-order valence-corrected chi connectivity index (χ4v) is 18.1. The van der Waals surface area contributed by atoms with E-state index in [2.05, 4.69) is 177 Å². The van der Waals surface area contributed by atoms with Crippen molar-refractivity contribution in [3.63, 3.8) is 0 Å². The Morgan fingerprint density at radius 1 is 0.254 bits per heavy atom. The molecule has 0 unspecified atom stereocenters. The Kier molecular flexibility index (Phi) is 11.0. The second-order valence-corrected chi connectivity index (χ2v) is 34.7. The maximum Gasteiger partial charge on any atom is 0.252 e. The molecule has 20 aromatic rings. The lowest BCUT2D eigenvalue weighted by Gasteiger charge is -2.44. The third-order valence-electron chi connectivity index (χ3n) is 23.8. The van der Waals surface area contributed by atoms with Gasteiger partial charge >= 0.3 is 0 Å². The zero-order valence-corrected chi connectivity index (χ0v) is 65.1. The van der Waals surface area contributed by atoms with Crippen molar-refractivity contribution in [2.75, 3.05) is 9.80 Å². The van der Waals surface area contributed by atoms with Gasteiger partial charge in [0.25, 0.3) is 6.71 Å². The van der Waals surface area contributed by atoms with E-state index >= 15 is 0 Å². The molecule has 0 spiro atoms. The molecule has 15 aromatic carbocycles. The molecule has 0 bridgehead atoms. The quantitative estimate of drug-likeness (QED) is 0.149. The molecule has 0 radical (unpaired) electrons. The first-order valence-electron chi connectivity index (χ1n) is 47.8. The summed E-state index contributed by atoms with van der Waals surface area (Å²) >= 11 is 0. The molecule has 5 aromatic heterocycles. The van der Waals surface area contributed by atoms with E-state index in [4.69, 9.17) is 11.6 Å². The van der Waals surface area contributed by atoms with E-state index in [1.165, 1.54) is 4.57 Å². The Morgan fingerprint density at radius 3 is 0.930 bits per heavy atom. The molecule has 114 heavy (non-hydrogen) atoms. The van der Waals surface area contributed by atoms with Crippen LogP contribution in [-0.2, 0) is 21.7 Å². The summed E-state index contributed by atoms with van der Waals surface area (Å²) in [6, 6.07) is 54.7. The maximum absolute atomic E-state index is 10.2. The predicted molar refractivity (Wildman–Crippen MR) is 484 cm³/mol. The number of anilines is 6. The van der Waals surface area contributed by atoms with Crippen molar-refractivity contribution < 1.29 is 33.5 Å². The van der Waals surface area contributed by atoms with E-state index in [0.717, 1.165) is 88.0 Å². The Balaban J connectivity index is 0.903. The highest BCUT2D eigenvalue weighted by Gasteiger charge is 2.46. The fraction of sp³-hybridized carbons (Fsp3) is 0.151. The van der Waals surface area contributed by atoms with Crippen molar-refractivity contribution in [2.24, 2.45) is 0 Å². The maximum atomic E-state index is 10.2. The number of para-hydroxylation sites is 6. The standard InChI is InChI=1S/C106H86BN5O2/c1-103(2,3)67-45-51-86-78(57-67)79-58-68(104(4,5)6)46-52-87(79)109(86)90-39-23-33-74-76-35-25-41-92(101(76)113-99(74)90)111-94-55-65(63-27-15-13-16-28-63)43-49-82(94)107-83-50-44-66(64-29-17-14-18-30-64)56-95(83)112(97-62-71(61-96(111)98(97)107)108-84-37-21-19-31-72(84)73-32-20-22-38-85(73)108)93-42-26-36-77-75-34-24-40-91(100(75)114-102(77)93)110-88-53-47-69(105(7,8)9)59-80(88)81-60-70(106(10,11)12)48-54-89(81)110/h13-62H,1-12H3/i13D,14D,15D,16D,17D,18D,19D,20D,21D,22D,27D,28D,29D,30D,31D,32D,37D,38D. The second kappa shape index (κ2) is 24.2. The number of hydrogen-bond donors (Lipinski definition) is 0. The summed E-state index contributed by atoms with van der Waals surface area (Å²) in [7, 11) is 0. The van der Waals surface area contributed by atoms with E-state index in [0.29, 0.717) is 83.6 Å². The second-order valence-electron chi connectivity index (χ2n) is 34.7. The van der Waals surface area contributed by atoms with Crippen LogP contribution >= 0.6 is 0 Å². The van der Waals surface area contributed by atoms with Crippen molar-refractivity contribution in [1.82, 2.24) is 13.7 Å². The summed E-state index contributed by atoms with van der Waals surface area (Å²) in [5, 5.41) is 6.67. The highest BCUT2D eigenvalue weighted by Crippen LogP contribution is 2.53. The Labute approximate surface area is 689 Å². The normalized spacial score (nSPS) is 15.6. The SMILES string of the molecule is [2H]c1c([2H])c([2H])c(-c2ccc3c(c2)N(c2cccc4c2oc2c(-n5c6ccc(C(C)(C)C)cc6c6cc(C(C)(C)C)ccc65)cccc24)c2cc(-n4c5c([2H])c([2H])c([2H])c([2H])c5c5c([2H])c([2H])c([2H])c([2H])c54)cc4c2B3c2ccc(-c3c([2H])c([2H])c([2H])c([2H])c3[2H])cc2N4c2cccc3c2oc2c(-n4c5ccc(C(C)(C)C)cc5c5cc(C(C)(C)C)ccc54)cccc23)c([2H])c1[2H]. The van der Waals surface area contributed by atoms with Crippen LogP contribution in [0.4, 0.5) is 34.1 Å². The van der Waals surface area contributed by atoms with Gasteiger partial charge in [0.15, 0.2) is 22.3 Å². The molecule has 0 amide bonds.